The van der Waals surface area contributed by atoms with Crippen LogP contribution in [-0.4, -0.2) is 21.2 Å². The third-order valence-corrected chi connectivity index (χ3v) is 2.88. The molecular formula is C15H18N2O4. The van der Waals surface area contributed by atoms with Crippen molar-refractivity contribution in [2.45, 2.75) is 33.8 Å². The number of nitrogens with zero attached hydrogens (tertiary/aromatic N) is 2. The van der Waals surface area contributed by atoms with Crippen LogP contribution in [0.4, 0.5) is 0 Å². The second-order valence-electron chi connectivity index (χ2n) is 5.28. The maximum Gasteiger partial charge on any atom is 0.335 e. The smallest absolute Gasteiger partial charge is 0.335 e. The molecule has 0 saturated carbocycles. The van der Waals surface area contributed by atoms with Crippen molar-refractivity contribution in [3.8, 4) is 5.75 Å². The number of ether oxygens (including phenoxy) is 1. The van der Waals surface area contributed by atoms with Crippen molar-refractivity contribution in [3.63, 3.8) is 0 Å². The fourth-order valence-electron chi connectivity index (χ4n) is 1.81. The molecule has 1 N–H and O–H groups in total. The fourth-order valence-corrected chi connectivity index (χ4v) is 1.81. The van der Waals surface area contributed by atoms with E-state index in [2.05, 4.69) is 24.0 Å². The van der Waals surface area contributed by atoms with Gasteiger partial charge in [0.15, 0.2) is 6.61 Å². The summed E-state index contributed by atoms with van der Waals surface area (Å²) in [6.07, 6.45) is 0.723. The molecular weight excluding hydrogens is 272 g/mol. The number of hydrogen-bond acceptors (Lipinski definition) is 5. The molecule has 2 rings (SSSR count). The minimum atomic E-state index is -0.987. The lowest BCUT2D eigenvalue weighted by atomic mass is 10.1. The van der Waals surface area contributed by atoms with Gasteiger partial charge in [0.1, 0.15) is 5.75 Å². The summed E-state index contributed by atoms with van der Waals surface area (Å²) in [5.41, 5.74) is 1.04. The highest BCUT2D eigenvalue weighted by Gasteiger charge is 2.11. The van der Waals surface area contributed by atoms with Crippen LogP contribution in [0.2, 0.25) is 0 Å². The van der Waals surface area contributed by atoms with E-state index in [0.717, 1.165) is 12.0 Å². The molecule has 1 aromatic heterocycles. The van der Waals surface area contributed by atoms with Crippen LogP contribution in [0, 0.1) is 12.8 Å². The normalized spacial score (nSPS) is 10.9. The first-order valence-corrected chi connectivity index (χ1v) is 6.74. The summed E-state index contributed by atoms with van der Waals surface area (Å²) in [5, 5.41) is 12.8. The Bertz CT molecular complexity index is 634. The first-order valence-electron chi connectivity index (χ1n) is 6.74. The van der Waals surface area contributed by atoms with Gasteiger partial charge in [0.05, 0.1) is 5.56 Å². The quantitative estimate of drug-likeness (QED) is 0.880. The molecule has 0 aliphatic carbocycles. The van der Waals surface area contributed by atoms with E-state index in [0.29, 0.717) is 23.4 Å². The van der Waals surface area contributed by atoms with Gasteiger partial charge in [-0.25, -0.2) is 4.79 Å². The number of benzene rings is 1. The highest BCUT2D eigenvalue weighted by molar-refractivity contribution is 5.88. The largest absolute Gasteiger partial charge is 0.485 e. The fraction of sp³-hybridized carbons (Fsp3) is 0.400. The second kappa shape index (κ2) is 6.39. The third kappa shape index (κ3) is 4.05. The van der Waals surface area contributed by atoms with Gasteiger partial charge in [-0.15, -0.1) is 0 Å². The van der Waals surface area contributed by atoms with Crippen molar-refractivity contribution in [1.29, 1.82) is 0 Å². The van der Waals surface area contributed by atoms with Gasteiger partial charge in [0.2, 0.25) is 11.7 Å². The Labute approximate surface area is 122 Å². The van der Waals surface area contributed by atoms with Gasteiger partial charge in [-0.1, -0.05) is 25.1 Å². The average molecular weight is 290 g/mol. The zero-order chi connectivity index (χ0) is 15.4. The summed E-state index contributed by atoms with van der Waals surface area (Å²) in [6, 6.07) is 4.74. The molecule has 0 bridgehead atoms. The van der Waals surface area contributed by atoms with E-state index in [1.54, 1.807) is 12.1 Å². The average Bonchev–Trinajstić information content (AvgIpc) is 2.84. The van der Waals surface area contributed by atoms with E-state index in [4.69, 9.17) is 14.4 Å². The Morgan fingerprint density at radius 1 is 1.43 bits per heavy atom. The zero-order valence-electron chi connectivity index (χ0n) is 12.3. The van der Waals surface area contributed by atoms with Gasteiger partial charge < -0.3 is 14.4 Å². The first-order chi connectivity index (χ1) is 9.95. The Balaban J connectivity index is 2.04. The van der Waals surface area contributed by atoms with E-state index < -0.39 is 5.97 Å². The van der Waals surface area contributed by atoms with E-state index in [-0.39, 0.29) is 12.2 Å². The summed E-state index contributed by atoms with van der Waals surface area (Å²) in [6.45, 7) is 6.13. The van der Waals surface area contributed by atoms with Crippen molar-refractivity contribution in [2.24, 2.45) is 5.92 Å². The second-order valence-corrected chi connectivity index (χ2v) is 5.28. The Kier molecular flexibility index (Phi) is 4.57. The van der Waals surface area contributed by atoms with Crippen LogP contribution < -0.4 is 4.74 Å². The molecule has 0 saturated heterocycles. The number of aryl methyl sites for hydroxylation is 1. The monoisotopic (exact) mass is 290 g/mol. The van der Waals surface area contributed by atoms with Crippen LogP contribution in [0.5, 0.6) is 5.75 Å². The summed E-state index contributed by atoms with van der Waals surface area (Å²) < 4.78 is 10.7. The van der Waals surface area contributed by atoms with E-state index in [1.807, 2.05) is 6.92 Å². The number of aromatic nitrogens is 2. The van der Waals surface area contributed by atoms with Gasteiger partial charge in [-0.3, -0.25) is 0 Å². The molecule has 0 amide bonds. The summed E-state index contributed by atoms with van der Waals surface area (Å²) in [7, 11) is 0. The lowest BCUT2D eigenvalue weighted by molar-refractivity contribution is 0.0696. The molecule has 0 radical (unpaired) electrons. The van der Waals surface area contributed by atoms with Crippen LogP contribution in [0.15, 0.2) is 22.7 Å². The molecule has 21 heavy (non-hydrogen) atoms. The molecule has 6 heteroatoms. The van der Waals surface area contributed by atoms with E-state index >= 15 is 0 Å². The van der Waals surface area contributed by atoms with Gasteiger partial charge in [-0.05, 0) is 30.5 Å². The summed E-state index contributed by atoms with van der Waals surface area (Å²) in [4.78, 5) is 15.2. The van der Waals surface area contributed by atoms with Gasteiger partial charge in [0, 0.05) is 6.42 Å². The summed E-state index contributed by atoms with van der Waals surface area (Å²) in [5.74, 6) is 0.989. The van der Waals surface area contributed by atoms with Gasteiger partial charge in [-0.2, -0.15) is 4.98 Å². The molecule has 0 aliphatic heterocycles. The van der Waals surface area contributed by atoms with Crippen molar-refractivity contribution < 1.29 is 19.2 Å². The lowest BCUT2D eigenvalue weighted by Gasteiger charge is -2.07. The minimum absolute atomic E-state index is 0.144. The van der Waals surface area contributed by atoms with Crippen molar-refractivity contribution >= 4 is 5.97 Å². The predicted octanol–water partition coefficient (Wildman–Crippen LogP) is 2.85. The maximum absolute atomic E-state index is 10.9. The number of carboxylic acid groups (broad SMARTS) is 1. The van der Waals surface area contributed by atoms with E-state index in [1.165, 1.54) is 6.07 Å². The third-order valence-electron chi connectivity index (χ3n) is 2.88. The minimum Gasteiger partial charge on any atom is -0.485 e. The molecule has 0 aliphatic rings. The van der Waals surface area contributed by atoms with Crippen LogP contribution in [0.1, 0.15) is 41.5 Å². The summed E-state index contributed by atoms with van der Waals surface area (Å²) >= 11 is 0. The molecule has 0 atom stereocenters. The molecule has 0 spiro atoms. The van der Waals surface area contributed by atoms with Crippen LogP contribution >= 0.6 is 0 Å². The number of hydrogen-bond donors (Lipinski definition) is 1. The van der Waals surface area contributed by atoms with Gasteiger partial charge in [0.25, 0.3) is 0 Å². The SMILES string of the molecule is Cc1ccc(C(=O)O)cc1OCc1noc(CC(C)C)n1. The number of aromatic carboxylic acids is 1. The van der Waals surface area contributed by atoms with Crippen molar-refractivity contribution in [3.05, 3.63) is 41.0 Å². The molecule has 2 aromatic rings. The molecule has 112 valence electrons. The Morgan fingerprint density at radius 2 is 2.19 bits per heavy atom. The predicted molar refractivity (Wildman–Crippen MR) is 75.3 cm³/mol. The number of carboxylic acids is 1. The van der Waals surface area contributed by atoms with Crippen molar-refractivity contribution in [2.75, 3.05) is 0 Å². The Morgan fingerprint density at radius 3 is 2.86 bits per heavy atom. The molecule has 1 heterocycles. The zero-order valence-corrected chi connectivity index (χ0v) is 12.3. The highest BCUT2D eigenvalue weighted by Crippen LogP contribution is 2.20. The lowest BCUT2D eigenvalue weighted by Crippen LogP contribution is -2.02. The highest BCUT2D eigenvalue weighted by atomic mass is 16.5. The first kappa shape index (κ1) is 15.0. The van der Waals surface area contributed by atoms with E-state index in [9.17, 15) is 4.79 Å². The van der Waals surface area contributed by atoms with Gasteiger partial charge >= 0.3 is 5.97 Å². The number of carbonyl (C=O) groups is 1. The van der Waals surface area contributed by atoms with Crippen LogP contribution in [-0.2, 0) is 13.0 Å². The van der Waals surface area contributed by atoms with Crippen LogP contribution in [0.25, 0.3) is 0 Å². The standard InChI is InChI=1S/C15H18N2O4/c1-9(2)6-14-16-13(17-21-14)8-20-12-7-11(15(18)19)5-4-10(12)3/h4-5,7,9H,6,8H2,1-3H3,(H,18,19). The molecule has 6 nitrogen and oxygen atoms in total. The molecule has 0 unspecified atom stereocenters. The van der Waals surface area contributed by atoms with Crippen molar-refractivity contribution in [1.82, 2.24) is 10.1 Å². The topological polar surface area (TPSA) is 85.5 Å². The Hall–Kier alpha value is -2.37. The number of rotatable bonds is 6. The molecule has 1 aromatic carbocycles. The van der Waals surface area contributed by atoms with Crippen LogP contribution in [0.3, 0.4) is 0 Å². The molecule has 0 fully saturated rings. The maximum atomic E-state index is 10.9.